The Balaban J connectivity index is 1.18. The summed E-state index contributed by atoms with van der Waals surface area (Å²) in [6.45, 7) is 1.71. The number of piperidine rings is 1. The van der Waals surface area contributed by atoms with Gasteiger partial charge in [-0.3, -0.25) is 9.67 Å². The van der Waals surface area contributed by atoms with Gasteiger partial charge in [-0.1, -0.05) is 6.07 Å². The molecule has 6 rings (SSSR count). The molecule has 0 atom stereocenters. The van der Waals surface area contributed by atoms with E-state index in [1.54, 1.807) is 18.5 Å². The van der Waals surface area contributed by atoms with Crippen molar-refractivity contribution in [2.24, 2.45) is 0 Å². The molecule has 180 valence electrons. The van der Waals surface area contributed by atoms with E-state index >= 15 is 0 Å². The summed E-state index contributed by atoms with van der Waals surface area (Å²) in [6, 6.07) is 6.18. The molecular weight excluding hydrogens is 467 g/mol. The number of halogens is 1. The van der Waals surface area contributed by atoms with Crippen molar-refractivity contribution in [1.29, 1.82) is 0 Å². The quantitative estimate of drug-likeness (QED) is 0.413. The third-order valence-corrected chi connectivity index (χ3v) is 8.04. The van der Waals surface area contributed by atoms with Crippen LogP contribution in [0.3, 0.4) is 0 Å². The smallest absolute Gasteiger partial charge is 0.225 e. The average Bonchev–Trinajstić information content (AvgIpc) is 3.62. The Morgan fingerprint density at radius 3 is 2.34 bits per heavy atom. The Bertz CT molecular complexity index is 1510. The summed E-state index contributed by atoms with van der Waals surface area (Å²) in [5.74, 6) is 0.669. The maximum atomic E-state index is 14.4. The summed E-state index contributed by atoms with van der Waals surface area (Å²) in [6.07, 6.45) is 12.8. The minimum Gasteiger partial charge on any atom is -0.341 e. The summed E-state index contributed by atoms with van der Waals surface area (Å²) >= 11 is 0. The molecule has 0 unspecified atom stereocenters. The molecule has 0 radical (unpaired) electrons. The highest BCUT2D eigenvalue weighted by molar-refractivity contribution is 7.90. The summed E-state index contributed by atoms with van der Waals surface area (Å²) in [7, 11) is -3.62. The topological polar surface area (TPSA) is 93.9 Å². The number of sulfone groups is 1. The van der Waals surface area contributed by atoms with Gasteiger partial charge in [-0.15, -0.1) is 0 Å². The van der Waals surface area contributed by atoms with Crippen molar-refractivity contribution >= 4 is 26.7 Å². The molecule has 2 aliphatic rings. The van der Waals surface area contributed by atoms with E-state index in [9.17, 15) is 12.8 Å². The highest BCUT2D eigenvalue weighted by Crippen LogP contribution is 2.39. The standard InChI is InChI=1S/C25H25FN6O2S/c1-35(33,34)24-5-4-17(10-21(24)26)22-11-18-14-30-32(23(18)15-27-22)20-6-8-31(9-7-20)25-28-12-19(13-29-25)16-2-3-16/h4-5,10-16,20H,2-3,6-9H2,1H3. The van der Waals surface area contributed by atoms with Gasteiger partial charge in [0.15, 0.2) is 9.84 Å². The molecule has 0 spiro atoms. The van der Waals surface area contributed by atoms with Crippen molar-refractivity contribution in [3.8, 4) is 11.3 Å². The van der Waals surface area contributed by atoms with Crippen molar-refractivity contribution in [3.63, 3.8) is 0 Å². The lowest BCUT2D eigenvalue weighted by atomic mass is 10.1. The molecule has 0 N–H and O–H groups in total. The number of aromatic nitrogens is 5. The van der Waals surface area contributed by atoms with Gasteiger partial charge < -0.3 is 4.90 Å². The monoisotopic (exact) mass is 492 g/mol. The lowest BCUT2D eigenvalue weighted by Crippen LogP contribution is -2.36. The first-order chi connectivity index (χ1) is 16.9. The van der Waals surface area contributed by atoms with Gasteiger partial charge in [0.05, 0.1) is 29.6 Å². The van der Waals surface area contributed by atoms with Crippen molar-refractivity contribution in [2.75, 3.05) is 24.2 Å². The molecule has 1 aliphatic carbocycles. The predicted molar refractivity (Wildman–Crippen MR) is 131 cm³/mol. The fourth-order valence-corrected chi connectivity index (χ4v) is 5.52. The Morgan fingerprint density at radius 2 is 1.69 bits per heavy atom. The Morgan fingerprint density at radius 1 is 0.943 bits per heavy atom. The molecule has 3 aromatic heterocycles. The molecule has 4 aromatic rings. The number of rotatable bonds is 5. The maximum Gasteiger partial charge on any atom is 0.225 e. The SMILES string of the molecule is CS(=O)(=O)c1ccc(-c2cc3cnn(C4CCN(c5ncc(C6CC6)cn5)CC4)c3cn2)cc1F. The van der Waals surface area contributed by atoms with Crippen LogP contribution in [0.15, 0.2) is 53.9 Å². The number of hydrogen-bond acceptors (Lipinski definition) is 7. The second-order valence-electron chi connectivity index (χ2n) is 9.44. The number of fused-ring (bicyclic) bond motifs is 1. The number of anilines is 1. The lowest BCUT2D eigenvalue weighted by molar-refractivity contribution is 0.373. The highest BCUT2D eigenvalue weighted by Gasteiger charge is 2.26. The number of benzene rings is 1. The van der Waals surface area contributed by atoms with E-state index in [4.69, 9.17) is 0 Å². The average molecular weight is 493 g/mol. The lowest BCUT2D eigenvalue weighted by Gasteiger charge is -2.32. The molecule has 10 heteroatoms. The minimum absolute atomic E-state index is 0.244. The summed E-state index contributed by atoms with van der Waals surface area (Å²) in [4.78, 5) is 15.6. The highest BCUT2D eigenvalue weighted by atomic mass is 32.2. The van der Waals surface area contributed by atoms with E-state index in [0.717, 1.165) is 49.0 Å². The number of pyridine rings is 1. The molecule has 4 heterocycles. The Hall–Kier alpha value is -3.40. The molecule has 1 saturated heterocycles. The van der Waals surface area contributed by atoms with Gasteiger partial charge in [0.1, 0.15) is 10.7 Å². The third-order valence-electron chi connectivity index (χ3n) is 6.91. The summed E-state index contributed by atoms with van der Waals surface area (Å²) < 4.78 is 39.8. The van der Waals surface area contributed by atoms with Crippen molar-refractivity contribution in [1.82, 2.24) is 24.7 Å². The molecule has 0 bridgehead atoms. The van der Waals surface area contributed by atoms with Crippen LogP contribution in [0.5, 0.6) is 0 Å². The van der Waals surface area contributed by atoms with Crippen molar-refractivity contribution in [3.05, 3.63) is 60.4 Å². The van der Waals surface area contributed by atoms with E-state index in [1.165, 1.54) is 30.5 Å². The fraction of sp³-hybridized carbons (Fsp3) is 0.360. The first-order valence-corrected chi connectivity index (χ1v) is 13.7. The zero-order valence-electron chi connectivity index (χ0n) is 19.3. The van der Waals surface area contributed by atoms with E-state index in [0.29, 0.717) is 17.2 Å². The van der Waals surface area contributed by atoms with Crippen LogP contribution in [0.1, 0.15) is 43.2 Å². The predicted octanol–water partition coefficient (Wildman–Crippen LogP) is 4.15. The van der Waals surface area contributed by atoms with Crippen LogP contribution < -0.4 is 4.90 Å². The molecule has 0 amide bonds. The zero-order valence-corrected chi connectivity index (χ0v) is 20.1. The third kappa shape index (κ3) is 4.27. The van der Waals surface area contributed by atoms with Crippen molar-refractivity contribution in [2.45, 2.75) is 42.5 Å². The van der Waals surface area contributed by atoms with E-state index in [-0.39, 0.29) is 10.9 Å². The normalized spacial score (nSPS) is 17.3. The van der Waals surface area contributed by atoms with Crippen LogP contribution in [-0.4, -0.2) is 52.5 Å². The Labute approximate surface area is 202 Å². The molecule has 1 aromatic carbocycles. The second-order valence-corrected chi connectivity index (χ2v) is 11.4. The first kappa shape index (κ1) is 22.1. The molecule has 1 aliphatic heterocycles. The van der Waals surface area contributed by atoms with Crippen LogP contribution in [0.4, 0.5) is 10.3 Å². The molecule has 8 nitrogen and oxygen atoms in total. The number of nitrogens with zero attached hydrogens (tertiary/aromatic N) is 6. The molecular formula is C25H25FN6O2S. The van der Waals surface area contributed by atoms with Gasteiger partial charge in [-0.2, -0.15) is 5.10 Å². The van der Waals surface area contributed by atoms with Gasteiger partial charge in [0.25, 0.3) is 0 Å². The van der Waals surface area contributed by atoms with E-state index in [2.05, 4.69) is 25.0 Å². The molecule has 35 heavy (non-hydrogen) atoms. The maximum absolute atomic E-state index is 14.4. The second kappa shape index (κ2) is 8.37. The van der Waals surface area contributed by atoms with Crippen LogP contribution in [0.2, 0.25) is 0 Å². The number of hydrogen-bond donors (Lipinski definition) is 0. The molecule has 1 saturated carbocycles. The largest absolute Gasteiger partial charge is 0.341 e. The van der Waals surface area contributed by atoms with Crippen LogP contribution >= 0.6 is 0 Å². The van der Waals surface area contributed by atoms with Gasteiger partial charge >= 0.3 is 0 Å². The van der Waals surface area contributed by atoms with Gasteiger partial charge in [0.2, 0.25) is 5.95 Å². The van der Waals surface area contributed by atoms with Crippen LogP contribution in [0.25, 0.3) is 22.2 Å². The van der Waals surface area contributed by atoms with Crippen LogP contribution in [-0.2, 0) is 9.84 Å². The van der Waals surface area contributed by atoms with Gasteiger partial charge in [-0.25, -0.2) is 22.8 Å². The summed E-state index contributed by atoms with van der Waals surface area (Å²) in [5, 5.41) is 5.53. The summed E-state index contributed by atoms with van der Waals surface area (Å²) in [5.41, 5.74) is 3.25. The van der Waals surface area contributed by atoms with E-state index < -0.39 is 15.7 Å². The van der Waals surface area contributed by atoms with Gasteiger partial charge in [0, 0.05) is 42.7 Å². The zero-order chi connectivity index (χ0) is 24.2. The molecule has 2 fully saturated rings. The van der Waals surface area contributed by atoms with Gasteiger partial charge in [-0.05, 0) is 55.4 Å². The Kier molecular flexibility index (Phi) is 5.28. The van der Waals surface area contributed by atoms with Crippen molar-refractivity contribution < 1.29 is 12.8 Å². The van der Waals surface area contributed by atoms with Crippen LogP contribution in [0, 0.1) is 5.82 Å². The first-order valence-electron chi connectivity index (χ1n) is 11.8. The minimum atomic E-state index is -3.62. The fourth-order valence-electron chi connectivity index (χ4n) is 4.79. The van der Waals surface area contributed by atoms with E-state index in [1.807, 2.05) is 23.1 Å².